The van der Waals surface area contributed by atoms with E-state index in [0.717, 1.165) is 43.6 Å². The van der Waals surface area contributed by atoms with Crippen molar-refractivity contribution < 1.29 is 12.9 Å². The van der Waals surface area contributed by atoms with Gasteiger partial charge in [-0.25, -0.2) is 4.98 Å². The van der Waals surface area contributed by atoms with Crippen molar-refractivity contribution in [3.8, 4) is 0 Å². The Morgan fingerprint density at radius 3 is 2.91 bits per heavy atom. The number of fused-ring (bicyclic) bond motifs is 1. The summed E-state index contributed by atoms with van der Waals surface area (Å²) in [4.78, 5) is 3.99. The Labute approximate surface area is 129 Å². The van der Waals surface area contributed by atoms with E-state index in [1.54, 1.807) is 4.57 Å². The van der Waals surface area contributed by atoms with Crippen LogP contribution in [0.4, 0.5) is 5.82 Å². The smallest absolute Gasteiger partial charge is 0.282 e. The third-order valence-corrected chi connectivity index (χ3v) is 4.87. The summed E-state index contributed by atoms with van der Waals surface area (Å²) < 4.78 is 34.3. The molecule has 22 heavy (non-hydrogen) atoms. The molecule has 2 aromatic heterocycles. The standard InChI is InChI=1S/C14H20N4O3S/c1-10(2)7-18-8-13(15-9-18)22(19,20)17-14-11-5-3-4-6-12(11)21-16-14/h8-10H,3-7H2,1-2H3,(H,16,17). The average Bonchev–Trinajstić information content (AvgIpc) is 3.06. The molecule has 0 aromatic carbocycles. The SMILES string of the molecule is CC(C)Cn1cnc(S(=O)(=O)Nc2noc3c2CCCC3)c1. The predicted molar refractivity (Wildman–Crippen MR) is 81.0 cm³/mol. The van der Waals surface area contributed by atoms with E-state index in [0.29, 0.717) is 11.7 Å². The zero-order valence-corrected chi connectivity index (χ0v) is 13.6. The van der Waals surface area contributed by atoms with E-state index in [9.17, 15) is 8.42 Å². The van der Waals surface area contributed by atoms with Crippen molar-refractivity contribution in [1.82, 2.24) is 14.7 Å². The molecule has 8 heteroatoms. The van der Waals surface area contributed by atoms with Crippen molar-refractivity contribution >= 4 is 15.8 Å². The van der Waals surface area contributed by atoms with Crippen molar-refractivity contribution in [3.05, 3.63) is 23.8 Å². The predicted octanol–water partition coefficient (Wildman–Crippen LogP) is 2.21. The lowest BCUT2D eigenvalue weighted by molar-refractivity contribution is 0.374. The highest BCUT2D eigenvalue weighted by Gasteiger charge is 2.25. The molecule has 2 heterocycles. The minimum Gasteiger partial charge on any atom is -0.359 e. The second kappa shape index (κ2) is 5.75. The van der Waals surface area contributed by atoms with Crippen LogP contribution in [0.25, 0.3) is 0 Å². The van der Waals surface area contributed by atoms with Crippen LogP contribution in [0.2, 0.25) is 0 Å². The molecule has 0 aliphatic heterocycles. The first-order chi connectivity index (χ1) is 10.5. The van der Waals surface area contributed by atoms with Gasteiger partial charge in [-0.05, 0) is 25.2 Å². The molecule has 1 N–H and O–H groups in total. The van der Waals surface area contributed by atoms with Crippen molar-refractivity contribution in [1.29, 1.82) is 0 Å². The zero-order chi connectivity index (χ0) is 15.7. The monoisotopic (exact) mass is 324 g/mol. The van der Waals surface area contributed by atoms with E-state index in [1.165, 1.54) is 12.5 Å². The summed E-state index contributed by atoms with van der Waals surface area (Å²) in [6.07, 6.45) is 6.74. The fourth-order valence-electron chi connectivity index (χ4n) is 2.64. The highest BCUT2D eigenvalue weighted by atomic mass is 32.2. The maximum absolute atomic E-state index is 12.4. The van der Waals surface area contributed by atoms with E-state index in [4.69, 9.17) is 4.52 Å². The maximum atomic E-state index is 12.4. The third kappa shape index (κ3) is 3.01. The summed E-state index contributed by atoms with van der Waals surface area (Å²) in [7, 11) is -3.74. The maximum Gasteiger partial charge on any atom is 0.282 e. The van der Waals surface area contributed by atoms with Gasteiger partial charge in [0.15, 0.2) is 10.8 Å². The van der Waals surface area contributed by atoms with Gasteiger partial charge >= 0.3 is 0 Å². The first-order valence-corrected chi connectivity index (χ1v) is 8.96. The lowest BCUT2D eigenvalue weighted by Crippen LogP contribution is -2.15. The lowest BCUT2D eigenvalue weighted by Gasteiger charge is -2.09. The quantitative estimate of drug-likeness (QED) is 0.910. The summed E-state index contributed by atoms with van der Waals surface area (Å²) in [6.45, 7) is 4.85. The molecule has 0 saturated carbocycles. The summed E-state index contributed by atoms with van der Waals surface area (Å²) >= 11 is 0. The average molecular weight is 324 g/mol. The van der Waals surface area contributed by atoms with Crippen LogP contribution in [0.1, 0.15) is 38.0 Å². The number of nitrogens with zero attached hydrogens (tertiary/aromatic N) is 3. The van der Waals surface area contributed by atoms with Gasteiger partial charge in [0.25, 0.3) is 10.0 Å². The molecule has 0 unspecified atom stereocenters. The summed E-state index contributed by atoms with van der Waals surface area (Å²) in [6, 6.07) is 0. The Balaban J connectivity index is 1.81. The number of imidazole rings is 1. The number of hydrogen-bond acceptors (Lipinski definition) is 5. The van der Waals surface area contributed by atoms with Crippen molar-refractivity contribution in [2.75, 3.05) is 4.72 Å². The second-order valence-electron chi connectivity index (χ2n) is 6.05. The molecule has 1 aliphatic carbocycles. The Hall–Kier alpha value is -1.83. The highest BCUT2D eigenvalue weighted by molar-refractivity contribution is 7.92. The van der Waals surface area contributed by atoms with Crippen molar-refractivity contribution in [2.45, 2.75) is 51.1 Å². The molecule has 7 nitrogen and oxygen atoms in total. The van der Waals surface area contributed by atoms with Gasteiger partial charge in [-0.3, -0.25) is 4.72 Å². The Kier molecular flexibility index (Phi) is 3.94. The summed E-state index contributed by atoms with van der Waals surface area (Å²) in [5.41, 5.74) is 0.872. The van der Waals surface area contributed by atoms with E-state index in [1.807, 2.05) is 0 Å². The van der Waals surface area contributed by atoms with Crippen LogP contribution in [0, 0.1) is 5.92 Å². The highest BCUT2D eigenvalue weighted by Crippen LogP contribution is 2.28. The number of aryl methyl sites for hydroxylation is 1. The van der Waals surface area contributed by atoms with Crippen LogP contribution in [0.5, 0.6) is 0 Å². The summed E-state index contributed by atoms with van der Waals surface area (Å²) in [5.74, 6) is 1.50. The largest absolute Gasteiger partial charge is 0.359 e. The Morgan fingerprint density at radius 2 is 2.14 bits per heavy atom. The molecule has 0 bridgehead atoms. The summed E-state index contributed by atoms with van der Waals surface area (Å²) in [5, 5.41) is 3.86. The van der Waals surface area contributed by atoms with Crippen LogP contribution >= 0.6 is 0 Å². The van der Waals surface area contributed by atoms with Crippen molar-refractivity contribution in [3.63, 3.8) is 0 Å². The fraction of sp³-hybridized carbons (Fsp3) is 0.571. The Bertz CT molecular complexity index is 761. The van der Waals surface area contributed by atoms with Gasteiger partial charge < -0.3 is 9.09 Å². The van der Waals surface area contributed by atoms with Gasteiger partial charge in [0.05, 0.1) is 6.33 Å². The molecular weight excluding hydrogens is 304 g/mol. The van der Waals surface area contributed by atoms with E-state index in [2.05, 4.69) is 28.7 Å². The van der Waals surface area contributed by atoms with Gasteiger partial charge in [-0.1, -0.05) is 19.0 Å². The number of sulfonamides is 1. The van der Waals surface area contributed by atoms with Crippen LogP contribution in [0.15, 0.2) is 22.1 Å². The van der Waals surface area contributed by atoms with Crippen LogP contribution < -0.4 is 4.72 Å². The number of aromatic nitrogens is 3. The molecular formula is C14H20N4O3S. The minimum absolute atomic E-state index is 0.000657. The molecule has 0 saturated heterocycles. The zero-order valence-electron chi connectivity index (χ0n) is 12.7. The van der Waals surface area contributed by atoms with Gasteiger partial charge in [0.1, 0.15) is 5.76 Å². The Morgan fingerprint density at radius 1 is 1.36 bits per heavy atom. The number of hydrogen-bond donors (Lipinski definition) is 1. The lowest BCUT2D eigenvalue weighted by atomic mass is 9.98. The molecule has 0 atom stereocenters. The van der Waals surface area contributed by atoms with E-state index >= 15 is 0 Å². The van der Waals surface area contributed by atoms with Crippen molar-refractivity contribution in [2.24, 2.45) is 5.92 Å². The molecule has 3 rings (SSSR count). The normalized spacial score (nSPS) is 15.0. The van der Waals surface area contributed by atoms with E-state index < -0.39 is 10.0 Å². The molecule has 1 aliphatic rings. The first kappa shape index (κ1) is 15.1. The van der Waals surface area contributed by atoms with Gasteiger partial charge in [-0.2, -0.15) is 8.42 Å². The molecule has 120 valence electrons. The van der Waals surface area contributed by atoms with Gasteiger partial charge in [0, 0.05) is 24.7 Å². The number of nitrogens with one attached hydrogen (secondary N) is 1. The minimum atomic E-state index is -3.74. The molecule has 2 aromatic rings. The van der Waals surface area contributed by atoms with Gasteiger partial charge in [-0.15, -0.1) is 0 Å². The second-order valence-corrected chi connectivity index (χ2v) is 7.68. The molecule has 0 amide bonds. The number of anilines is 1. The van der Waals surface area contributed by atoms with E-state index in [-0.39, 0.29) is 5.03 Å². The fourth-order valence-corrected chi connectivity index (χ4v) is 3.62. The van der Waals surface area contributed by atoms with Gasteiger partial charge in [0.2, 0.25) is 0 Å². The van der Waals surface area contributed by atoms with Crippen LogP contribution in [0.3, 0.4) is 0 Å². The first-order valence-electron chi connectivity index (χ1n) is 7.48. The topological polar surface area (TPSA) is 90.0 Å². The van der Waals surface area contributed by atoms with Crippen LogP contribution in [-0.2, 0) is 29.4 Å². The molecule has 0 spiro atoms. The molecule has 0 radical (unpaired) electrons. The number of rotatable bonds is 5. The van der Waals surface area contributed by atoms with Crippen LogP contribution in [-0.4, -0.2) is 23.1 Å². The third-order valence-electron chi connectivity index (χ3n) is 3.64. The molecule has 0 fully saturated rings.